The van der Waals surface area contributed by atoms with Gasteiger partial charge >= 0.3 is 0 Å². The zero-order chi connectivity index (χ0) is 17.0. The maximum atomic E-state index is 12.9. The first-order valence-electron chi connectivity index (χ1n) is 8.50. The zero-order valence-electron chi connectivity index (χ0n) is 14.4. The van der Waals surface area contributed by atoms with E-state index in [9.17, 15) is 4.79 Å². The van der Waals surface area contributed by atoms with Crippen LogP contribution in [0.5, 0.6) is 5.75 Å². The second kappa shape index (κ2) is 7.25. The van der Waals surface area contributed by atoms with Crippen LogP contribution >= 0.6 is 0 Å². The maximum Gasteiger partial charge on any atom is 0.233 e. The van der Waals surface area contributed by atoms with E-state index in [2.05, 4.69) is 22.5 Å². The van der Waals surface area contributed by atoms with Crippen LogP contribution in [0.25, 0.3) is 0 Å². The quantitative estimate of drug-likeness (QED) is 0.795. The zero-order valence-corrected chi connectivity index (χ0v) is 14.4. The molecule has 2 fully saturated rings. The van der Waals surface area contributed by atoms with Gasteiger partial charge in [0.25, 0.3) is 0 Å². The van der Waals surface area contributed by atoms with Crippen molar-refractivity contribution in [2.24, 2.45) is 0 Å². The van der Waals surface area contributed by atoms with E-state index in [0.717, 1.165) is 44.0 Å². The lowest BCUT2D eigenvalue weighted by molar-refractivity contribution is -0.132. The van der Waals surface area contributed by atoms with Gasteiger partial charge in [0, 0.05) is 32.3 Å². The minimum absolute atomic E-state index is 0.224. The number of carbonyl (C=O) groups is 1. The molecule has 128 valence electrons. The number of rotatable bonds is 5. The molecule has 0 spiro atoms. The Kier molecular flexibility index (Phi) is 5.08. The Bertz CT molecular complexity index is 641. The fourth-order valence-electron chi connectivity index (χ4n) is 3.40. The average Bonchev–Trinajstić information content (AvgIpc) is 3.20. The molecule has 2 saturated heterocycles. The molecular weight excluding hydrogens is 302 g/mol. The van der Waals surface area contributed by atoms with Crippen molar-refractivity contribution in [1.29, 1.82) is 0 Å². The van der Waals surface area contributed by atoms with E-state index in [1.807, 2.05) is 36.1 Å². The predicted molar refractivity (Wildman–Crippen MR) is 93.7 cm³/mol. The summed E-state index contributed by atoms with van der Waals surface area (Å²) in [6.07, 6.45) is 0.855. The first kappa shape index (κ1) is 16.8. The molecule has 5 heteroatoms. The van der Waals surface area contributed by atoms with Gasteiger partial charge in [-0.2, -0.15) is 0 Å². The van der Waals surface area contributed by atoms with Gasteiger partial charge in [0.1, 0.15) is 12.4 Å². The summed E-state index contributed by atoms with van der Waals surface area (Å²) >= 11 is 0. The molecule has 0 radical (unpaired) electrons. The summed E-state index contributed by atoms with van der Waals surface area (Å²) in [5, 5.41) is 6.64. The van der Waals surface area contributed by atoms with Crippen molar-refractivity contribution in [3.63, 3.8) is 0 Å². The number of likely N-dealkylation sites (tertiary alicyclic amines) is 1. The summed E-state index contributed by atoms with van der Waals surface area (Å²) in [6, 6.07) is 8.22. The molecule has 1 aromatic rings. The Morgan fingerprint density at radius 3 is 2.83 bits per heavy atom. The number of benzene rings is 1. The summed E-state index contributed by atoms with van der Waals surface area (Å²) in [5.41, 5.74) is 0.620. The minimum atomic E-state index is -0.437. The lowest BCUT2D eigenvalue weighted by atomic mass is 9.81. The summed E-state index contributed by atoms with van der Waals surface area (Å²) in [7, 11) is 0. The summed E-state index contributed by atoms with van der Waals surface area (Å²) in [4.78, 5) is 14.9. The van der Waals surface area contributed by atoms with Gasteiger partial charge in [-0.3, -0.25) is 10.1 Å². The van der Waals surface area contributed by atoms with Crippen molar-refractivity contribution in [1.82, 2.24) is 15.5 Å². The number of hydrogen-bond donors (Lipinski definition) is 2. The Morgan fingerprint density at radius 1 is 1.38 bits per heavy atom. The van der Waals surface area contributed by atoms with Crippen LogP contribution in [-0.2, 0) is 10.2 Å². The number of nitrogens with one attached hydrogen (secondary N) is 2. The van der Waals surface area contributed by atoms with Gasteiger partial charge in [-0.05, 0) is 38.0 Å². The summed E-state index contributed by atoms with van der Waals surface area (Å²) < 4.78 is 5.55. The smallest absolute Gasteiger partial charge is 0.233 e. The molecule has 2 aliphatic rings. The Balaban J connectivity index is 1.66. The Morgan fingerprint density at radius 2 is 2.17 bits per heavy atom. The number of carbonyl (C=O) groups excluding carboxylic acids is 1. The van der Waals surface area contributed by atoms with Crippen LogP contribution in [0.15, 0.2) is 24.3 Å². The van der Waals surface area contributed by atoms with Crippen molar-refractivity contribution in [2.75, 3.05) is 32.9 Å². The number of hydrogen-bond acceptors (Lipinski definition) is 4. The molecule has 2 heterocycles. The molecule has 2 aliphatic heterocycles. The molecule has 1 aromatic carbocycles. The van der Waals surface area contributed by atoms with Crippen molar-refractivity contribution in [2.45, 2.75) is 31.7 Å². The highest BCUT2D eigenvalue weighted by atomic mass is 16.5. The molecule has 24 heavy (non-hydrogen) atoms. The summed E-state index contributed by atoms with van der Waals surface area (Å²) in [6.45, 7) is 7.58. The monoisotopic (exact) mass is 327 g/mol. The van der Waals surface area contributed by atoms with Crippen molar-refractivity contribution < 1.29 is 9.53 Å². The highest BCUT2D eigenvalue weighted by molar-refractivity contribution is 5.90. The van der Waals surface area contributed by atoms with Gasteiger partial charge < -0.3 is 15.0 Å². The van der Waals surface area contributed by atoms with E-state index in [0.29, 0.717) is 12.6 Å². The van der Waals surface area contributed by atoms with Gasteiger partial charge in [0.2, 0.25) is 5.91 Å². The minimum Gasteiger partial charge on any atom is -0.481 e. The number of ether oxygens (including phenoxy) is 1. The largest absolute Gasteiger partial charge is 0.481 e. The number of amides is 1. The molecule has 5 nitrogen and oxygen atoms in total. The van der Waals surface area contributed by atoms with E-state index in [4.69, 9.17) is 4.74 Å². The van der Waals surface area contributed by atoms with Crippen LogP contribution in [0.3, 0.4) is 0 Å². The van der Waals surface area contributed by atoms with Crippen molar-refractivity contribution in [3.05, 3.63) is 29.8 Å². The molecular formula is C19H25N3O2. The highest BCUT2D eigenvalue weighted by Crippen LogP contribution is 2.36. The SMILES string of the molecule is CC#CCOc1ccc(C2(C)CCN(CC3CNCN3)C2=O)cc1. The van der Waals surface area contributed by atoms with Crippen LogP contribution < -0.4 is 15.4 Å². The fourth-order valence-corrected chi connectivity index (χ4v) is 3.40. The molecule has 0 bridgehead atoms. The van der Waals surface area contributed by atoms with Crippen LogP contribution in [0, 0.1) is 11.8 Å². The molecule has 3 rings (SSSR count). The molecule has 0 aliphatic carbocycles. The van der Waals surface area contributed by atoms with Gasteiger partial charge in [0.15, 0.2) is 0 Å². The fraction of sp³-hybridized carbons (Fsp3) is 0.526. The van der Waals surface area contributed by atoms with E-state index < -0.39 is 5.41 Å². The van der Waals surface area contributed by atoms with E-state index in [1.165, 1.54) is 0 Å². The van der Waals surface area contributed by atoms with E-state index >= 15 is 0 Å². The third kappa shape index (κ3) is 3.40. The van der Waals surface area contributed by atoms with Crippen molar-refractivity contribution in [3.8, 4) is 17.6 Å². The standard InChI is InChI=1S/C19H25N3O2/c1-3-4-11-24-17-7-5-15(6-8-17)19(2)9-10-22(18(19)23)13-16-12-20-14-21-16/h5-8,16,20-21H,9-14H2,1-2H3. The lowest BCUT2D eigenvalue weighted by Gasteiger charge is -2.25. The molecule has 2 unspecified atom stereocenters. The van der Waals surface area contributed by atoms with Gasteiger partial charge in [-0.15, -0.1) is 5.92 Å². The first-order chi connectivity index (χ1) is 11.6. The molecule has 2 N–H and O–H groups in total. The first-order valence-corrected chi connectivity index (χ1v) is 8.50. The third-order valence-corrected chi connectivity index (χ3v) is 4.97. The second-order valence-electron chi connectivity index (χ2n) is 6.61. The second-order valence-corrected chi connectivity index (χ2v) is 6.61. The third-order valence-electron chi connectivity index (χ3n) is 4.97. The van der Waals surface area contributed by atoms with Gasteiger partial charge in [-0.25, -0.2) is 0 Å². The van der Waals surface area contributed by atoms with E-state index in [-0.39, 0.29) is 5.91 Å². The Hall–Kier alpha value is -2.03. The summed E-state index contributed by atoms with van der Waals surface area (Å²) in [5.74, 6) is 6.69. The van der Waals surface area contributed by atoms with Gasteiger partial charge in [-0.1, -0.05) is 18.1 Å². The normalized spacial score (nSPS) is 26.3. The highest BCUT2D eigenvalue weighted by Gasteiger charge is 2.44. The Labute approximate surface area is 143 Å². The maximum absolute atomic E-state index is 12.9. The van der Waals surface area contributed by atoms with Crippen LogP contribution in [0.4, 0.5) is 0 Å². The average molecular weight is 327 g/mol. The molecule has 2 atom stereocenters. The number of nitrogens with zero attached hydrogens (tertiary/aromatic N) is 1. The van der Waals surface area contributed by atoms with Gasteiger partial charge in [0.05, 0.1) is 5.41 Å². The molecule has 0 aromatic heterocycles. The predicted octanol–water partition coefficient (Wildman–Crippen LogP) is 1.10. The van der Waals surface area contributed by atoms with Crippen molar-refractivity contribution >= 4 is 5.91 Å². The molecule has 0 saturated carbocycles. The topological polar surface area (TPSA) is 53.6 Å². The lowest BCUT2D eigenvalue weighted by Crippen LogP contribution is -2.43. The molecule has 1 amide bonds. The van der Waals surface area contributed by atoms with Crippen LogP contribution in [0.1, 0.15) is 25.8 Å². The van der Waals surface area contributed by atoms with Crippen LogP contribution in [0.2, 0.25) is 0 Å². The van der Waals surface area contributed by atoms with E-state index in [1.54, 1.807) is 6.92 Å². The van der Waals surface area contributed by atoms with Crippen LogP contribution in [-0.4, -0.2) is 49.8 Å².